The van der Waals surface area contributed by atoms with Gasteiger partial charge in [-0.2, -0.15) is 8.42 Å². The lowest BCUT2D eigenvalue weighted by Gasteiger charge is -1.77. The van der Waals surface area contributed by atoms with Crippen LogP contribution in [0.25, 0.3) is 0 Å². The maximum absolute atomic E-state index is 10.3. The van der Waals surface area contributed by atoms with Crippen LogP contribution in [-0.2, 0) is 14.7 Å². The van der Waals surface area contributed by atoms with Crippen LogP contribution < -0.4 is 5.14 Å². The van der Waals surface area contributed by atoms with Gasteiger partial charge in [-0.05, 0) is 4.53 Å². The molecule has 0 unspecified atom stereocenters. The summed E-state index contributed by atoms with van der Waals surface area (Å²) in [7, 11) is -4.33. The average Bonchev–Trinajstić information content (AvgIpc) is 1.35. The van der Waals surface area contributed by atoms with Gasteiger partial charge in [-0.3, -0.25) is 0 Å². The van der Waals surface area contributed by atoms with E-state index in [1.54, 1.807) is 0 Å². The van der Waals surface area contributed by atoms with Gasteiger partial charge >= 0.3 is 10.3 Å². The molecular weight excluding hydrogens is 113 g/mol. The smallest absolute Gasteiger partial charge is 0.203 e. The summed E-state index contributed by atoms with van der Waals surface area (Å²) in [5, 5.41) is 3.91. The summed E-state index contributed by atoms with van der Waals surface area (Å²) in [5.74, 6) is 0. The molecule has 0 aliphatic rings. The van der Waals surface area contributed by atoms with Crippen LogP contribution in [0.15, 0.2) is 0 Å². The van der Waals surface area contributed by atoms with Gasteiger partial charge in [-0.1, -0.05) is 4.39 Å². The molecule has 0 atom stereocenters. The standard InChI is InChI=1S/FH2NO3S/c1-5-6(2,3)4/h(H2,2,3,4). The summed E-state index contributed by atoms with van der Waals surface area (Å²) < 4.78 is 30.8. The molecule has 38 valence electrons. The summed E-state index contributed by atoms with van der Waals surface area (Å²) in [6.45, 7) is 0. The first-order valence-electron chi connectivity index (χ1n) is 0.890. The minimum absolute atomic E-state index is 2.19. The van der Waals surface area contributed by atoms with E-state index < -0.39 is 10.3 Å². The summed E-state index contributed by atoms with van der Waals surface area (Å²) in [6.07, 6.45) is 0. The van der Waals surface area contributed by atoms with Crippen molar-refractivity contribution in [2.45, 2.75) is 0 Å². The van der Waals surface area contributed by atoms with Gasteiger partial charge in [0.05, 0.1) is 0 Å². The van der Waals surface area contributed by atoms with Crippen molar-refractivity contribution in [3.63, 3.8) is 0 Å². The summed E-state index contributed by atoms with van der Waals surface area (Å²) in [6, 6.07) is 0. The zero-order valence-electron chi connectivity index (χ0n) is 2.59. The van der Waals surface area contributed by atoms with Gasteiger partial charge in [0.15, 0.2) is 0 Å². The normalized spacial score (nSPS) is 11.7. The van der Waals surface area contributed by atoms with E-state index in [-0.39, 0.29) is 0 Å². The van der Waals surface area contributed by atoms with Crippen LogP contribution in [0.1, 0.15) is 0 Å². The third-order valence-corrected chi connectivity index (χ3v) is 0.263. The fraction of sp³-hybridized carbons (Fsp3) is 0. The molecule has 6 heteroatoms. The summed E-state index contributed by atoms with van der Waals surface area (Å²) in [5.41, 5.74) is 0. The molecule has 0 saturated heterocycles. The van der Waals surface area contributed by atoms with Crippen molar-refractivity contribution >= 4 is 10.3 Å². The highest BCUT2D eigenvalue weighted by molar-refractivity contribution is 7.84. The molecule has 0 fully saturated rings. The zero-order chi connectivity index (χ0) is 5.21. The van der Waals surface area contributed by atoms with E-state index in [1.165, 1.54) is 0 Å². The van der Waals surface area contributed by atoms with Crippen LogP contribution in [-0.4, -0.2) is 8.42 Å². The molecule has 0 aromatic heterocycles. The van der Waals surface area contributed by atoms with Crippen molar-refractivity contribution < 1.29 is 17.3 Å². The molecule has 0 aromatic carbocycles. The molecule has 0 radical (unpaired) electrons. The fourth-order valence-corrected chi connectivity index (χ4v) is 0. The van der Waals surface area contributed by atoms with Gasteiger partial charge in [0, 0.05) is 0 Å². The lowest BCUT2D eigenvalue weighted by molar-refractivity contribution is 0.00292. The van der Waals surface area contributed by atoms with Gasteiger partial charge in [0.2, 0.25) is 0 Å². The van der Waals surface area contributed by atoms with Gasteiger partial charge in [-0.25, -0.2) is 5.14 Å². The zero-order valence-corrected chi connectivity index (χ0v) is 3.40. The molecule has 0 bridgehead atoms. The van der Waals surface area contributed by atoms with E-state index in [0.29, 0.717) is 0 Å². The minimum Gasteiger partial charge on any atom is -0.203 e. The van der Waals surface area contributed by atoms with Crippen molar-refractivity contribution in [3.8, 4) is 0 Å². The molecule has 0 aliphatic carbocycles. The van der Waals surface area contributed by atoms with E-state index >= 15 is 0 Å². The second-order valence-electron chi connectivity index (χ2n) is 0.556. The number of hydrogen-bond donors (Lipinski definition) is 1. The largest absolute Gasteiger partial charge is 0.363 e. The Kier molecular flexibility index (Phi) is 1.45. The van der Waals surface area contributed by atoms with Gasteiger partial charge < -0.3 is 0 Å². The second-order valence-corrected chi connectivity index (χ2v) is 1.67. The maximum Gasteiger partial charge on any atom is 0.363 e. The minimum atomic E-state index is -4.33. The van der Waals surface area contributed by atoms with Crippen LogP contribution in [0, 0.1) is 0 Å². The Morgan fingerprint density at radius 3 is 1.83 bits per heavy atom. The summed E-state index contributed by atoms with van der Waals surface area (Å²) >= 11 is 0. The summed E-state index contributed by atoms with van der Waals surface area (Å²) in [4.78, 5) is 0. The number of nitrogens with two attached hydrogens (primary N) is 1. The molecule has 0 spiro atoms. The van der Waals surface area contributed by atoms with Crippen LogP contribution >= 0.6 is 0 Å². The predicted molar refractivity (Wildman–Crippen MR) is 15.3 cm³/mol. The fourth-order valence-electron chi connectivity index (χ4n) is 0. The van der Waals surface area contributed by atoms with Gasteiger partial charge in [0.25, 0.3) is 0 Å². The highest BCUT2D eigenvalue weighted by Crippen LogP contribution is 1.76. The van der Waals surface area contributed by atoms with Gasteiger partial charge in [0.1, 0.15) is 0 Å². The number of hydrogen-bond acceptors (Lipinski definition) is 3. The Hall–Kier alpha value is -0.200. The third kappa shape index (κ3) is 3.80. The average molecular weight is 115 g/mol. The van der Waals surface area contributed by atoms with E-state index in [9.17, 15) is 12.9 Å². The topological polar surface area (TPSA) is 69.4 Å². The first-order valence-corrected chi connectivity index (χ1v) is 2.36. The van der Waals surface area contributed by atoms with Crippen molar-refractivity contribution in [1.82, 2.24) is 0 Å². The van der Waals surface area contributed by atoms with E-state index in [2.05, 4.69) is 9.53 Å². The molecule has 0 saturated carbocycles. The van der Waals surface area contributed by atoms with E-state index in [4.69, 9.17) is 0 Å². The Labute approximate surface area is 33.9 Å². The quantitative estimate of drug-likeness (QED) is 0.481. The Balaban J connectivity index is 3.85. The van der Waals surface area contributed by atoms with Crippen molar-refractivity contribution in [3.05, 3.63) is 0 Å². The van der Waals surface area contributed by atoms with Gasteiger partial charge in [-0.15, -0.1) is 0 Å². The maximum atomic E-state index is 10.3. The molecule has 0 amide bonds. The predicted octanol–water partition coefficient (Wildman–Crippen LogP) is -0.909. The van der Waals surface area contributed by atoms with Crippen molar-refractivity contribution in [1.29, 1.82) is 0 Å². The lowest BCUT2D eigenvalue weighted by Crippen LogP contribution is -2.10. The van der Waals surface area contributed by atoms with Crippen LogP contribution in [0.5, 0.6) is 0 Å². The Morgan fingerprint density at radius 1 is 1.67 bits per heavy atom. The second kappa shape index (κ2) is 1.50. The van der Waals surface area contributed by atoms with Crippen molar-refractivity contribution in [2.75, 3.05) is 0 Å². The Morgan fingerprint density at radius 2 is 1.83 bits per heavy atom. The molecule has 0 aliphatic heterocycles. The molecule has 6 heavy (non-hydrogen) atoms. The van der Waals surface area contributed by atoms with Crippen LogP contribution in [0.2, 0.25) is 0 Å². The molecular formula is H2FNO3S. The third-order valence-electron chi connectivity index (χ3n) is 0.0878. The molecule has 0 aromatic rings. The Bertz CT molecular complexity index is 113. The highest BCUT2D eigenvalue weighted by atomic mass is 32.2. The van der Waals surface area contributed by atoms with Crippen LogP contribution in [0.3, 0.4) is 0 Å². The van der Waals surface area contributed by atoms with E-state index in [1.807, 2.05) is 0 Å². The van der Waals surface area contributed by atoms with Crippen molar-refractivity contribution in [2.24, 2.45) is 5.14 Å². The molecule has 2 N–H and O–H groups in total. The lowest BCUT2D eigenvalue weighted by atomic mass is 13.9. The number of halogens is 1. The van der Waals surface area contributed by atoms with E-state index in [0.717, 1.165) is 0 Å². The highest BCUT2D eigenvalue weighted by Gasteiger charge is 1.96. The van der Waals surface area contributed by atoms with Crippen LogP contribution in [0.4, 0.5) is 4.53 Å². The number of rotatable bonds is 1. The molecule has 4 nitrogen and oxygen atoms in total. The SMILES string of the molecule is NS(=O)(=O)OF. The first-order chi connectivity index (χ1) is 2.56. The first kappa shape index (κ1) is 5.80. The molecule has 0 heterocycles. The molecule has 0 rings (SSSR count). The monoisotopic (exact) mass is 115 g/mol.